The Morgan fingerprint density at radius 3 is 2.79 bits per heavy atom. The first kappa shape index (κ1) is 14.0. The largest absolute Gasteiger partial charge is 0.388 e. The standard InChI is InChI=1S/C15H22N2O2/c1-2-12-6-8-15(19,9-7-12)11-17-14(18)13-5-3-4-10-16-13/h3-5,10,12,19H,2,6-9,11H2,1H3,(H,17,18). The fourth-order valence-corrected chi connectivity index (χ4v) is 2.63. The van der Waals surface area contributed by atoms with Crippen LogP contribution in [0.3, 0.4) is 0 Å². The van der Waals surface area contributed by atoms with Gasteiger partial charge < -0.3 is 10.4 Å². The van der Waals surface area contributed by atoms with E-state index in [1.165, 1.54) is 6.42 Å². The van der Waals surface area contributed by atoms with E-state index in [1.54, 1.807) is 24.4 Å². The van der Waals surface area contributed by atoms with Crippen LogP contribution in [0.15, 0.2) is 24.4 Å². The summed E-state index contributed by atoms with van der Waals surface area (Å²) in [6.45, 7) is 2.51. The van der Waals surface area contributed by atoms with Crippen molar-refractivity contribution in [1.29, 1.82) is 0 Å². The van der Waals surface area contributed by atoms with Gasteiger partial charge in [0.1, 0.15) is 5.69 Å². The molecule has 104 valence electrons. The van der Waals surface area contributed by atoms with Gasteiger partial charge in [0, 0.05) is 12.7 Å². The van der Waals surface area contributed by atoms with Gasteiger partial charge in [0.05, 0.1) is 5.60 Å². The second-order valence-corrected chi connectivity index (χ2v) is 5.47. The van der Waals surface area contributed by atoms with Crippen LogP contribution in [0.2, 0.25) is 0 Å². The number of amides is 1. The summed E-state index contributed by atoms with van der Waals surface area (Å²) >= 11 is 0. The highest BCUT2D eigenvalue weighted by atomic mass is 16.3. The fraction of sp³-hybridized carbons (Fsp3) is 0.600. The summed E-state index contributed by atoms with van der Waals surface area (Å²) in [7, 11) is 0. The number of hydrogen-bond donors (Lipinski definition) is 2. The maximum absolute atomic E-state index is 11.9. The molecule has 19 heavy (non-hydrogen) atoms. The summed E-state index contributed by atoms with van der Waals surface area (Å²) in [5.41, 5.74) is -0.343. The van der Waals surface area contributed by atoms with Gasteiger partial charge in [-0.2, -0.15) is 0 Å². The van der Waals surface area contributed by atoms with E-state index in [4.69, 9.17) is 0 Å². The zero-order chi connectivity index (χ0) is 13.7. The minimum absolute atomic E-state index is 0.216. The molecule has 0 aliphatic heterocycles. The third-order valence-electron chi connectivity index (χ3n) is 4.09. The summed E-state index contributed by atoms with van der Waals surface area (Å²) in [4.78, 5) is 15.9. The Hall–Kier alpha value is -1.42. The summed E-state index contributed by atoms with van der Waals surface area (Å²) in [6.07, 6.45) is 6.41. The molecule has 0 atom stereocenters. The fourth-order valence-electron chi connectivity index (χ4n) is 2.63. The van der Waals surface area contributed by atoms with Crippen molar-refractivity contribution in [3.8, 4) is 0 Å². The topological polar surface area (TPSA) is 62.2 Å². The Morgan fingerprint density at radius 1 is 1.47 bits per heavy atom. The van der Waals surface area contributed by atoms with E-state index in [9.17, 15) is 9.90 Å². The molecule has 0 spiro atoms. The average molecular weight is 262 g/mol. The first-order valence-corrected chi connectivity index (χ1v) is 7.04. The predicted molar refractivity (Wildman–Crippen MR) is 73.8 cm³/mol. The van der Waals surface area contributed by atoms with Crippen LogP contribution in [0.25, 0.3) is 0 Å². The van der Waals surface area contributed by atoms with Gasteiger partial charge in [-0.05, 0) is 43.7 Å². The minimum Gasteiger partial charge on any atom is -0.388 e. The monoisotopic (exact) mass is 262 g/mol. The third-order valence-corrected chi connectivity index (χ3v) is 4.09. The van der Waals surface area contributed by atoms with E-state index >= 15 is 0 Å². The number of nitrogens with one attached hydrogen (secondary N) is 1. The smallest absolute Gasteiger partial charge is 0.269 e. The lowest BCUT2D eigenvalue weighted by atomic mass is 9.78. The van der Waals surface area contributed by atoms with Gasteiger partial charge in [-0.1, -0.05) is 19.4 Å². The summed E-state index contributed by atoms with van der Waals surface area (Å²) < 4.78 is 0. The van der Waals surface area contributed by atoms with Crippen molar-refractivity contribution in [3.63, 3.8) is 0 Å². The van der Waals surface area contributed by atoms with Crippen LogP contribution in [0, 0.1) is 5.92 Å². The van der Waals surface area contributed by atoms with Crippen molar-refractivity contribution in [2.45, 2.75) is 44.6 Å². The predicted octanol–water partition coefficient (Wildman–Crippen LogP) is 2.14. The Kier molecular flexibility index (Phi) is 4.53. The molecule has 0 unspecified atom stereocenters. The molecule has 1 aliphatic rings. The zero-order valence-electron chi connectivity index (χ0n) is 11.4. The SMILES string of the molecule is CCC1CCC(O)(CNC(=O)c2ccccn2)CC1. The molecular weight excluding hydrogens is 240 g/mol. The molecule has 1 amide bonds. The lowest BCUT2D eigenvalue weighted by molar-refractivity contribution is -0.00790. The molecule has 1 fully saturated rings. The van der Waals surface area contributed by atoms with Crippen molar-refractivity contribution < 1.29 is 9.90 Å². The number of carbonyl (C=O) groups excluding carboxylic acids is 1. The molecule has 2 N–H and O–H groups in total. The maximum atomic E-state index is 11.9. The highest BCUT2D eigenvalue weighted by molar-refractivity contribution is 5.92. The van der Waals surface area contributed by atoms with Gasteiger partial charge in [-0.3, -0.25) is 9.78 Å². The molecule has 0 saturated heterocycles. The maximum Gasteiger partial charge on any atom is 0.269 e. The number of aliphatic hydroxyl groups is 1. The number of rotatable bonds is 4. The lowest BCUT2D eigenvalue weighted by Gasteiger charge is -2.35. The van der Waals surface area contributed by atoms with Crippen molar-refractivity contribution in [1.82, 2.24) is 10.3 Å². The molecule has 0 radical (unpaired) electrons. The van der Waals surface area contributed by atoms with Crippen LogP contribution < -0.4 is 5.32 Å². The van der Waals surface area contributed by atoms with Crippen LogP contribution in [0.1, 0.15) is 49.5 Å². The molecule has 1 aliphatic carbocycles. The van der Waals surface area contributed by atoms with Gasteiger partial charge in [0.25, 0.3) is 5.91 Å². The zero-order valence-corrected chi connectivity index (χ0v) is 11.4. The van der Waals surface area contributed by atoms with E-state index in [2.05, 4.69) is 17.2 Å². The molecule has 4 heteroatoms. The third kappa shape index (κ3) is 3.77. The molecule has 2 rings (SSSR count). The van der Waals surface area contributed by atoms with Crippen LogP contribution in [-0.4, -0.2) is 28.1 Å². The molecule has 1 heterocycles. The molecular formula is C15H22N2O2. The van der Waals surface area contributed by atoms with E-state index in [-0.39, 0.29) is 5.91 Å². The van der Waals surface area contributed by atoms with Crippen LogP contribution in [0.5, 0.6) is 0 Å². The van der Waals surface area contributed by atoms with E-state index in [0.717, 1.165) is 31.6 Å². The van der Waals surface area contributed by atoms with Crippen molar-refractivity contribution >= 4 is 5.91 Å². The Bertz CT molecular complexity index is 411. The van der Waals surface area contributed by atoms with E-state index in [0.29, 0.717) is 12.2 Å². The summed E-state index contributed by atoms with van der Waals surface area (Å²) in [5, 5.41) is 13.2. The van der Waals surface area contributed by atoms with Gasteiger partial charge >= 0.3 is 0 Å². The second kappa shape index (κ2) is 6.15. The van der Waals surface area contributed by atoms with Gasteiger partial charge in [0.15, 0.2) is 0 Å². The van der Waals surface area contributed by atoms with Gasteiger partial charge in [0.2, 0.25) is 0 Å². The quantitative estimate of drug-likeness (QED) is 0.874. The van der Waals surface area contributed by atoms with Crippen LogP contribution in [-0.2, 0) is 0 Å². The highest BCUT2D eigenvalue weighted by Gasteiger charge is 2.32. The number of aromatic nitrogens is 1. The van der Waals surface area contributed by atoms with Gasteiger partial charge in [-0.15, -0.1) is 0 Å². The van der Waals surface area contributed by atoms with Gasteiger partial charge in [-0.25, -0.2) is 0 Å². The van der Waals surface area contributed by atoms with Crippen molar-refractivity contribution in [3.05, 3.63) is 30.1 Å². The molecule has 1 aromatic heterocycles. The van der Waals surface area contributed by atoms with Crippen LogP contribution in [0.4, 0.5) is 0 Å². The van der Waals surface area contributed by atoms with Crippen LogP contribution >= 0.6 is 0 Å². The number of nitrogens with zero attached hydrogens (tertiary/aromatic N) is 1. The molecule has 1 aromatic rings. The Balaban J connectivity index is 1.84. The number of carbonyl (C=O) groups is 1. The Labute approximate surface area is 114 Å². The number of pyridine rings is 1. The lowest BCUT2D eigenvalue weighted by Crippen LogP contribution is -2.45. The molecule has 0 aromatic carbocycles. The van der Waals surface area contributed by atoms with Crippen molar-refractivity contribution in [2.24, 2.45) is 5.92 Å². The van der Waals surface area contributed by atoms with Crippen molar-refractivity contribution in [2.75, 3.05) is 6.54 Å². The minimum atomic E-state index is -0.740. The molecule has 0 bridgehead atoms. The first-order chi connectivity index (χ1) is 9.13. The number of hydrogen-bond acceptors (Lipinski definition) is 3. The van der Waals surface area contributed by atoms with E-state index < -0.39 is 5.60 Å². The highest BCUT2D eigenvalue weighted by Crippen LogP contribution is 2.33. The summed E-state index contributed by atoms with van der Waals surface area (Å²) in [6, 6.07) is 5.23. The van der Waals surface area contributed by atoms with E-state index in [1.807, 2.05) is 0 Å². The molecule has 4 nitrogen and oxygen atoms in total. The average Bonchev–Trinajstić information content (AvgIpc) is 2.47. The summed E-state index contributed by atoms with van der Waals surface area (Å²) in [5.74, 6) is 0.512. The normalized spacial score (nSPS) is 26.9. The second-order valence-electron chi connectivity index (χ2n) is 5.47. The Morgan fingerprint density at radius 2 is 2.21 bits per heavy atom. The first-order valence-electron chi connectivity index (χ1n) is 7.04. The molecule has 1 saturated carbocycles.